The summed E-state index contributed by atoms with van der Waals surface area (Å²) >= 11 is 0. The summed E-state index contributed by atoms with van der Waals surface area (Å²) in [7, 11) is 1.19. The number of halogens is 2. The highest BCUT2D eigenvalue weighted by molar-refractivity contribution is 6.01. The lowest BCUT2D eigenvalue weighted by Crippen LogP contribution is -2.45. The number of fused-ring (bicyclic) bond motifs is 1. The van der Waals surface area contributed by atoms with Crippen LogP contribution in [0.2, 0.25) is 0 Å². The van der Waals surface area contributed by atoms with E-state index in [-0.39, 0.29) is 16.5 Å². The summed E-state index contributed by atoms with van der Waals surface area (Å²) in [6, 6.07) is 1.17. The number of benzene rings is 1. The van der Waals surface area contributed by atoms with Crippen molar-refractivity contribution in [2.45, 2.75) is 18.6 Å². The number of hydrogen-bond acceptors (Lipinski definition) is 6. The fourth-order valence-corrected chi connectivity index (χ4v) is 3.73. The molecule has 0 bridgehead atoms. The molecule has 4 rings (SSSR count). The minimum absolute atomic E-state index is 0.0301. The van der Waals surface area contributed by atoms with Crippen LogP contribution in [0.3, 0.4) is 0 Å². The number of methoxy groups -OCH3 is 1. The zero-order chi connectivity index (χ0) is 18.3. The molecule has 8 heteroatoms. The van der Waals surface area contributed by atoms with E-state index in [1.165, 1.54) is 19.4 Å². The average molecular weight is 364 g/mol. The lowest BCUT2D eigenvalue weighted by Gasteiger charge is -2.39. The minimum Gasteiger partial charge on any atom is -0.491 e. The van der Waals surface area contributed by atoms with Crippen molar-refractivity contribution in [3.8, 4) is 5.75 Å². The summed E-state index contributed by atoms with van der Waals surface area (Å²) in [4.78, 5) is 17.5. The molecule has 2 aromatic rings. The van der Waals surface area contributed by atoms with Crippen molar-refractivity contribution in [1.29, 1.82) is 0 Å². The van der Waals surface area contributed by atoms with E-state index in [0.29, 0.717) is 51.1 Å². The quantitative estimate of drug-likeness (QED) is 0.781. The Balaban J connectivity index is 1.79. The molecule has 26 heavy (non-hydrogen) atoms. The van der Waals surface area contributed by atoms with E-state index in [4.69, 9.17) is 14.2 Å². The van der Waals surface area contributed by atoms with Crippen molar-refractivity contribution < 1.29 is 27.8 Å². The standard InChI is InChI=1S/C18H18F2N2O4/c1-24-17-13(19)8-12-15(14(17)20)21-9-11(10-23)16(12)22-4-2-18(3-5-22)25-6-7-26-18/h8-10H,2-7H2,1H3. The smallest absolute Gasteiger partial charge is 0.194 e. The van der Waals surface area contributed by atoms with Gasteiger partial charge < -0.3 is 19.1 Å². The molecular formula is C18H18F2N2O4. The van der Waals surface area contributed by atoms with Crippen molar-refractivity contribution >= 4 is 22.9 Å². The summed E-state index contributed by atoms with van der Waals surface area (Å²) in [5, 5.41) is 0.245. The summed E-state index contributed by atoms with van der Waals surface area (Å²) in [6.07, 6.45) is 3.17. The molecule has 0 N–H and O–H groups in total. The molecule has 1 aromatic heterocycles. The number of carbonyl (C=O) groups excluding carboxylic acids is 1. The molecule has 2 aliphatic heterocycles. The lowest BCUT2D eigenvalue weighted by molar-refractivity contribution is -0.169. The minimum atomic E-state index is -0.878. The Hall–Kier alpha value is -2.32. The van der Waals surface area contributed by atoms with Gasteiger partial charge in [0.05, 0.1) is 31.6 Å². The highest BCUT2D eigenvalue weighted by Gasteiger charge is 2.40. The van der Waals surface area contributed by atoms with E-state index in [1.54, 1.807) is 0 Å². The summed E-state index contributed by atoms with van der Waals surface area (Å²) in [6.45, 7) is 2.20. The van der Waals surface area contributed by atoms with Crippen LogP contribution in [0.1, 0.15) is 23.2 Å². The molecule has 0 aliphatic carbocycles. The van der Waals surface area contributed by atoms with Crippen LogP contribution in [0.15, 0.2) is 12.3 Å². The van der Waals surface area contributed by atoms with Crippen LogP contribution >= 0.6 is 0 Å². The van der Waals surface area contributed by atoms with Gasteiger partial charge in [-0.2, -0.15) is 0 Å². The number of hydrogen-bond donors (Lipinski definition) is 0. The van der Waals surface area contributed by atoms with Gasteiger partial charge in [-0.1, -0.05) is 0 Å². The van der Waals surface area contributed by atoms with E-state index < -0.39 is 23.2 Å². The predicted octanol–water partition coefficient (Wildman–Crippen LogP) is 2.68. The largest absolute Gasteiger partial charge is 0.491 e. The number of piperidine rings is 1. The Bertz CT molecular complexity index is 858. The van der Waals surface area contributed by atoms with Crippen LogP contribution in [-0.2, 0) is 9.47 Å². The van der Waals surface area contributed by atoms with Crippen LogP contribution in [0.4, 0.5) is 14.5 Å². The predicted molar refractivity (Wildman–Crippen MR) is 89.7 cm³/mol. The molecule has 0 radical (unpaired) electrons. The fraction of sp³-hybridized carbons (Fsp3) is 0.444. The van der Waals surface area contributed by atoms with E-state index in [9.17, 15) is 13.6 Å². The zero-order valence-electron chi connectivity index (χ0n) is 14.3. The first-order valence-corrected chi connectivity index (χ1v) is 8.41. The molecule has 6 nitrogen and oxygen atoms in total. The molecule has 1 aromatic carbocycles. The Labute approximate surface area is 148 Å². The number of nitrogens with zero attached hydrogens (tertiary/aromatic N) is 2. The molecule has 2 aliphatic rings. The maximum Gasteiger partial charge on any atom is 0.194 e. The second-order valence-electron chi connectivity index (χ2n) is 6.38. The van der Waals surface area contributed by atoms with Crippen LogP contribution in [0.5, 0.6) is 5.75 Å². The molecular weight excluding hydrogens is 346 g/mol. The van der Waals surface area contributed by atoms with E-state index >= 15 is 0 Å². The van der Waals surface area contributed by atoms with Gasteiger partial charge in [0.1, 0.15) is 5.52 Å². The number of aromatic nitrogens is 1. The van der Waals surface area contributed by atoms with Crippen molar-refractivity contribution in [3.63, 3.8) is 0 Å². The number of pyridine rings is 1. The second kappa shape index (κ2) is 6.44. The van der Waals surface area contributed by atoms with Gasteiger partial charge >= 0.3 is 0 Å². The van der Waals surface area contributed by atoms with E-state index in [2.05, 4.69) is 4.98 Å². The number of ether oxygens (including phenoxy) is 3. The number of anilines is 1. The van der Waals surface area contributed by atoms with Crippen molar-refractivity contribution in [1.82, 2.24) is 4.98 Å². The molecule has 0 atom stereocenters. The Kier molecular flexibility index (Phi) is 4.24. The molecule has 0 saturated carbocycles. The Morgan fingerprint density at radius 3 is 2.58 bits per heavy atom. The lowest BCUT2D eigenvalue weighted by atomic mass is 10.0. The highest BCUT2D eigenvalue weighted by atomic mass is 19.1. The van der Waals surface area contributed by atoms with Crippen LogP contribution in [0, 0.1) is 11.6 Å². The Morgan fingerprint density at radius 2 is 1.96 bits per heavy atom. The highest BCUT2D eigenvalue weighted by Crippen LogP contribution is 2.39. The molecule has 138 valence electrons. The molecule has 3 heterocycles. The number of carbonyl (C=O) groups is 1. The van der Waals surface area contributed by atoms with Crippen molar-refractivity contribution in [2.24, 2.45) is 0 Å². The summed E-state index contributed by atoms with van der Waals surface area (Å²) in [5.41, 5.74) is 0.724. The topological polar surface area (TPSA) is 60.9 Å². The third-order valence-electron chi connectivity index (χ3n) is 5.00. The average Bonchev–Trinajstić information content (AvgIpc) is 3.10. The zero-order valence-corrected chi connectivity index (χ0v) is 14.3. The monoisotopic (exact) mass is 364 g/mol. The first-order chi connectivity index (χ1) is 12.6. The second-order valence-corrected chi connectivity index (χ2v) is 6.38. The van der Waals surface area contributed by atoms with Gasteiger partial charge in [-0.25, -0.2) is 8.78 Å². The summed E-state index contributed by atoms with van der Waals surface area (Å²) < 4.78 is 45.0. The number of aldehydes is 1. The van der Waals surface area contributed by atoms with Gasteiger partial charge in [-0.05, 0) is 6.07 Å². The van der Waals surface area contributed by atoms with Gasteiger partial charge in [0, 0.05) is 37.5 Å². The molecule has 0 unspecified atom stereocenters. The van der Waals surface area contributed by atoms with Crippen LogP contribution in [0.25, 0.3) is 10.9 Å². The van der Waals surface area contributed by atoms with Gasteiger partial charge in [-0.3, -0.25) is 9.78 Å². The van der Waals surface area contributed by atoms with Crippen molar-refractivity contribution in [3.05, 3.63) is 29.5 Å². The molecule has 2 fully saturated rings. The van der Waals surface area contributed by atoms with Gasteiger partial charge in [-0.15, -0.1) is 0 Å². The third-order valence-corrected chi connectivity index (χ3v) is 5.00. The first kappa shape index (κ1) is 17.1. The van der Waals surface area contributed by atoms with Crippen LogP contribution in [-0.4, -0.2) is 50.5 Å². The van der Waals surface area contributed by atoms with E-state index in [1.807, 2.05) is 4.90 Å². The van der Waals surface area contributed by atoms with Crippen LogP contribution < -0.4 is 9.64 Å². The normalized spacial score (nSPS) is 19.3. The molecule has 0 amide bonds. The maximum atomic E-state index is 14.6. The Morgan fingerprint density at radius 1 is 1.27 bits per heavy atom. The SMILES string of the molecule is COc1c(F)cc2c(N3CCC4(CC3)OCCO4)c(C=O)cnc2c1F. The van der Waals surface area contributed by atoms with Gasteiger partial charge in [0.15, 0.2) is 29.5 Å². The molecule has 2 saturated heterocycles. The maximum absolute atomic E-state index is 14.6. The third kappa shape index (κ3) is 2.60. The fourth-order valence-electron chi connectivity index (χ4n) is 3.73. The van der Waals surface area contributed by atoms with Gasteiger partial charge in [0.25, 0.3) is 0 Å². The van der Waals surface area contributed by atoms with Gasteiger partial charge in [0.2, 0.25) is 0 Å². The number of rotatable bonds is 3. The summed E-state index contributed by atoms with van der Waals surface area (Å²) in [5.74, 6) is -2.78. The molecule has 1 spiro atoms. The first-order valence-electron chi connectivity index (χ1n) is 8.41. The van der Waals surface area contributed by atoms with E-state index in [0.717, 1.165) is 0 Å². The van der Waals surface area contributed by atoms with Crippen molar-refractivity contribution in [2.75, 3.05) is 38.3 Å².